The first-order chi connectivity index (χ1) is 18.6. The monoisotopic (exact) mass is 559 g/mol. The summed E-state index contributed by atoms with van der Waals surface area (Å²) in [5.74, 6) is 0. The molecule has 0 bridgehead atoms. The van der Waals surface area contributed by atoms with E-state index in [9.17, 15) is 4.79 Å². The van der Waals surface area contributed by atoms with Crippen molar-refractivity contribution in [3.8, 4) is 11.1 Å². The van der Waals surface area contributed by atoms with Crippen LogP contribution in [0.2, 0.25) is 0 Å². The van der Waals surface area contributed by atoms with Gasteiger partial charge in [-0.2, -0.15) is 0 Å². The lowest BCUT2D eigenvalue weighted by Gasteiger charge is -2.23. The maximum absolute atomic E-state index is 11.1. The zero-order valence-corrected chi connectivity index (χ0v) is 22.2. The van der Waals surface area contributed by atoms with Crippen LogP contribution in [0.3, 0.4) is 0 Å². The van der Waals surface area contributed by atoms with Crippen LogP contribution in [-0.2, 0) is 0 Å². The van der Waals surface area contributed by atoms with E-state index in [0.29, 0.717) is 5.56 Å². The molecule has 0 unspecified atom stereocenters. The Morgan fingerprint density at radius 1 is 0.632 bits per heavy atom. The van der Waals surface area contributed by atoms with Crippen molar-refractivity contribution in [1.29, 1.82) is 0 Å². The van der Waals surface area contributed by atoms with Crippen LogP contribution in [0.4, 0.5) is 34.1 Å². The van der Waals surface area contributed by atoms with Crippen molar-refractivity contribution in [2.75, 3.05) is 16.0 Å². The van der Waals surface area contributed by atoms with Crippen molar-refractivity contribution in [3.05, 3.63) is 137 Å². The van der Waals surface area contributed by atoms with E-state index in [1.54, 1.807) is 12.1 Å². The molecular formula is C33H26BrN3O. The lowest BCUT2D eigenvalue weighted by Crippen LogP contribution is -2.03. The van der Waals surface area contributed by atoms with E-state index in [2.05, 4.69) is 56.7 Å². The molecule has 5 heteroatoms. The van der Waals surface area contributed by atoms with E-state index in [0.717, 1.165) is 61.6 Å². The van der Waals surface area contributed by atoms with Gasteiger partial charge in [0.2, 0.25) is 0 Å². The third-order valence-electron chi connectivity index (χ3n) is 6.13. The summed E-state index contributed by atoms with van der Waals surface area (Å²) in [5, 5.41) is 10.8. The van der Waals surface area contributed by atoms with Gasteiger partial charge < -0.3 is 16.0 Å². The highest BCUT2D eigenvalue weighted by Crippen LogP contribution is 2.45. The average Bonchev–Trinajstić information content (AvgIpc) is 2.96. The first kappa shape index (κ1) is 25.1. The summed E-state index contributed by atoms with van der Waals surface area (Å²) in [5.41, 5.74) is 9.23. The second-order valence-corrected chi connectivity index (χ2v) is 9.61. The predicted molar refractivity (Wildman–Crippen MR) is 164 cm³/mol. The molecule has 0 atom stereocenters. The number of carbonyl (C=O) groups is 1. The normalized spacial score (nSPS) is 10.4. The van der Waals surface area contributed by atoms with E-state index in [1.807, 2.05) is 91.0 Å². The van der Waals surface area contributed by atoms with Crippen molar-refractivity contribution in [2.45, 2.75) is 0 Å². The molecule has 0 aliphatic heterocycles. The third kappa shape index (κ3) is 5.69. The molecule has 0 heterocycles. The van der Waals surface area contributed by atoms with Gasteiger partial charge in [0.25, 0.3) is 0 Å². The minimum absolute atomic E-state index is 0.634. The minimum Gasteiger partial charge on any atom is -0.355 e. The molecule has 0 aromatic heterocycles. The predicted octanol–water partition coefficient (Wildman–Crippen LogP) is 9.80. The molecule has 0 aliphatic carbocycles. The molecule has 0 saturated carbocycles. The first-order valence-electron chi connectivity index (χ1n) is 12.2. The summed E-state index contributed by atoms with van der Waals surface area (Å²) in [6.45, 7) is 4.12. The molecule has 38 heavy (non-hydrogen) atoms. The zero-order valence-electron chi connectivity index (χ0n) is 20.6. The van der Waals surface area contributed by atoms with Gasteiger partial charge in [0, 0.05) is 43.9 Å². The number of carbonyl (C=O) groups excluding carboxylic acids is 1. The van der Waals surface area contributed by atoms with Crippen molar-refractivity contribution in [2.24, 2.45) is 0 Å². The second kappa shape index (κ2) is 11.6. The van der Waals surface area contributed by atoms with Gasteiger partial charge in [0.15, 0.2) is 0 Å². The summed E-state index contributed by atoms with van der Waals surface area (Å²) in [4.78, 5) is 11.1. The fourth-order valence-corrected chi connectivity index (χ4v) is 4.65. The maximum Gasteiger partial charge on any atom is 0.150 e. The lowest BCUT2D eigenvalue weighted by molar-refractivity contribution is 0.112. The van der Waals surface area contributed by atoms with Gasteiger partial charge >= 0.3 is 0 Å². The highest BCUT2D eigenvalue weighted by atomic mass is 79.9. The van der Waals surface area contributed by atoms with Crippen LogP contribution in [0.1, 0.15) is 15.9 Å². The molecule has 5 rings (SSSR count). The maximum atomic E-state index is 11.1. The molecule has 3 N–H and O–H groups in total. The van der Waals surface area contributed by atoms with Crippen molar-refractivity contribution in [1.82, 2.24) is 0 Å². The Morgan fingerprint density at radius 2 is 1.21 bits per heavy atom. The SMILES string of the molecule is C=Cc1ccc(Nc2ccccc2)c(Nc2ccccc2)c1-c1cc(Br)ccc1Nc1ccc(C=O)cc1. The number of aldehydes is 1. The fourth-order valence-electron chi connectivity index (χ4n) is 4.29. The highest BCUT2D eigenvalue weighted by molar-refractivity contribution is 9.10. The summed E-state index contributed by atoms with van der Waals surface area (Å²) in [6.07, 6.45) is 2.72. The van der Waals surface area contributed by atoms with Crippen LogP contribution < -0.4 is 16.0 Å². The molecule has 0 aliphatic rings. The molecule has 5 aromatic rings. The van der Waals surface area contributed by atoms with Crippen LogP contribution in [0.15, 0.2) is 126 Å². The van der Waals surface area contributed by atoms with Crippen molar-refractivity contribution < 1.29 is 4.79 Å². The second-order valence-electron chi connectivity index (χ2n) is 8.69. The summed E-state index contributed by atoms with van der Waals surface area (Å²) < 4.78 is 0.955. The Bertz CT molecular complexity index is 1570. The number of anilines is 6. The molecule has 0 fully saturated rings. The van der Waals surface area contributed by atoms with E-state index < -0.39 is 0 Å². The summed E-state index contributed by atoms with van der Waals surface area (Å²) >= 11 is 3.68. The van der Waals surface area contributed by atoms with Gasteiger partial charge in [-0.15, -0.1) is 0 Å². The first-order valence-corrected chi connectivity index (χ1v) is 13.0. The number of para-hydroxylation sites is 2. The Kier molecular flexibility index (Phi) is 7.67. The smallest absolute Gasteiger partial charge is 0.150 e. The number of hydrogen-bond donors (Lipinski definition) is 3. The summed E-state index contributed by atoms with van der Waals surface area (Å²) in [7, 11) is 0. The van der Waals surface area contributed by atoms with Crippen LogP contribution in [0.25, 0.3) is 17.2 Å². The molecule has 4 nitrogen and oxygen atoms in total. The molecule has 0 saturated heterocycles. The van der Waals surface area contributed by atoms with Gasteiger partial charge in [0.1, 0.15) is 6.29 Å². The third-order valence-corrected chi connectivity index (χ3v) is 6.62. The molecule has 0 spiro atoms. The molecular weight excluding hydrogens is 534 g/mol. The standard InChI is InChI=1S/C33H26BrN3O/c1-2-24-15-19-31(36-26-9-5-3-6-10-26)33(37-27-11-7-4-8-12-27)32(24)29-21-25(34)16-20-30(29)35-28-17-13-23(22-38)14-18-28/h2-22,35-37H,1H2. The Hall–Kier alpha value is -4.61. The Labute approximate surface area is 231 Å². The van der Waals surface area contributed by atoms with E-state index >= 15 is 0 Å². The Morgan fingerprint density at radius 3 is 1.84 bits per heavy atom. The average molecular weight is 560 g/mol. The minimum atomic E-state index is 0.634. The quantitative estimate of drug-likeness (QED) is 0.157. The summed E-state index contributed by atoms with van der Waals surface area (Å²) in [6, 6.07) is 38.0. The van der Waals surface area contributed by atoms with Gasteiger partial charge in [-0.3, -0.25) is 4.79 Å². The molecule has 0 radical (unpaired) electrons. The number of nitrogens with one attached hydrogen (secondary N) is 3. The van der Waals surface area contributed by atoms with Crippen LogP contribution in [0.5, 0.6) is 0 Å². The van der Waals surface area contributed by atoms with Gasteiger partial charge in [-0.25, -0.2) is 0 Å². The van der Waals surface area contributed by atoms with Gasteiger partial charge in [-0.1, -0.05) is 71.0 Å². The van der Waals surface area contributed by atoms with Crippen molar-refractivity contribution >= 4 is 62.4 Å². The number of hydrogen-bond acceptors (Lipinski definition) is 4. The highest BCUT2D eigenvalue weighted by Gasteiger charge is 2.18. The number of halogens is 1. The molecule has 186 valence electrons. The van der Waals surface area contributed by atoms with Gasteiger partial charge in [-0.05, 0) is 78.4 Å². The zero-order chi connectivity index (χ0) is 26.3. The van der Waals surface area contributed by atoms with Crippen LogP contribution >= 0.6 is 15.9 Å². The van der Waals surface area contributed by atoms with Crippen molar-refractivity contribution in [3.63, 3.8) is 0 Å². The lowest BCUT2D eigenvalue weighted by atomic mass is 9.94. The molecule has 5 aromatic carbocycles. The Balaban J connectivity index is 1.69. The number of benzene rings is 5. The topological polar surface area (TPSA) is 53.2 Å². The fraction of sp³-hybridized carbons (Fsp3) is 0. The number of rotatable bonds is 9. The van der Waals surface area contributed by atoms with Gasteiger partial charge in [0.05, 0.1) is 11.4 Å². The van der Waals surface area contributed by atoms with Crippen LogP contribution in [0, 0.1) is 0 Å². The molecule has 0 amide bonds. The largest absolute Gasteiger partial charge is 0.355 e. The van der Waals surface area contributed by atoms with E-state index in [-0.39, 0.29) is 0 Å². The van der Waals surface area contributed by atoms with E-state index in [4.69, 9.17) is 0 Å². The van der Waals surface area contributed by atoms with Crippen LogP contribution in [-0.4, -0.2) is 6.29 Å². The van der Waals surface area contributed by atoms with E-state index in [1.165, 1.54) is 0 Å².